The Hall–Kier alpha value is -2.42. The monoisotopic (exact) mass is 383 g/mol. The Balaban J connectivity index is 2.30. The van der Waals surface area contributed by atoms with Crippen molar-refractivity contribution in [2.75, 3.05) is 5.75 Å². The summed E-state index contributed by atoms with van der Waals surface area (Å²) in [5.41, 5.74) is -0.200. The van der Waals surface area contributed by atoms with Crippen molar-refractivity contribution < 1.29 is 21.6 Å². The maximum absolute atomic E-state index is 12.9. The molecule has 0 radical (unpaired) electrons. The van der Waals surface area contributed by atoms with Gasteiger partial charge in [0.25, 0.3) is 0 Å². The van der Waals surface area contributed by atoms with Crippen molar-refractivity contribution in [1.82, 2.24) is 14.5 Å². The fourth-order valence-electron chi connectivity index (χ4n) is 2.75. The van der Waals surface area contributed by atoms with Crippen LogP contribution in [-0.2, 0) is 22.6 Å². The molecule has 0 spiro atoms. The summed E-state index contributed by atoms with van der Waals surface area (Å²) in [7, 11) is -3.52. The highest BCUT2D eigenvalue weighted by molar-refractivity contribution is 7.91. The Kier molecular flexibility index (Phi) is 4.51. The van der Waals surface area contributed by atoms with Crippen molar-refractivity contribution >= 4 is 21.0 Å². The van der Waals surface area contributed by atoms with Crippen LogP contribution in [0.3, 0.4) is 0 Å². The standard InChI is InChI=1S/C17H16F3N3O2S/c1-3-23-15(12-7-5-6-8-14(12)26(24,25)4-2)22-13-9-11(17(18,19)20)10-21-16(13)23/h5-10H,3-4H2,1-2H3. The van der Waals surface area contributed by atoms with Gasteiger partial charge in [-0.3, -0.25) is 0 Å². The second-order valence-electron chi connectivity index (χ2n) is 5.64. The molecular formula is C17H16F3N3O2S. The van der Waals surface area contributed by atoms with Gasteiger partial charge >= 0.3 is 6.18 Å². The summed E-state index contributed by atoms with van der Waals surface area (Å²) < 4.78 is 65.2. The summed E-state index contributed by atoms with van der Waals surface area (Å²) in [5.74, 6) is 0.189. The average Bonchev–Trinajstić information content (AvgIpc) is 2.98. The molecule has 0 fully saturated rings. The Labute approximate surface area is 148 Å². The molecule has 0 aliphatic heterocycles. The highest BCUT2D eigenvalue weighted by Gasteiger charge is 2.32. The number of hydrogen-bond acceptors (Lipinski definition) is 4. The smallest absolute Gasteiger partial charge is 0.309 e. The molecule has 3 rings (SSSR count). The van der Waals surface area contributed by atoms with Crippen LogP contribution in [0.15, 0.2) is 41.4 Å². The van der Waals surface area contributed by atoms with Gasteiger partial charge < -0.3 is 4.57 Å². The van der Waals surface area contributed by atoms with E-state index < -0.39 is 21.6 Å². The van der Waals surface area contributed by atoms with Gasteiger partial charge in [0.1, 0.15) is 11.3 Å². The van der Waals surface area contributed by atoms with E-state index in [9.17, 15) is 21.6 Å². The van der Waals surface area contributed by atoms with E-state index in [4.69, 9.17) is 0 Å². The minimum absolute atomic E-state index is 0.0698. The molecule has 0 N–H and O–H groups in total. The largest absolute Gasteiger partial charge is 0.417 e. The number of imidazole rings is 1. The molecule has 3 aromatic rings. The molecule has 5 nitrogen and oxygen atoms in total. The number of pyridine rings is 1. The summed E-state index contributed by atoms with van der Waals surface area (Å²) in [6, 6.07) is 7.26. The van der Waals surface area contributed by atoms with Crippen molar-refractivity contribution in [3.8, 4) is 11.4 Å². The number of aryl methyl sites for hydroxylation is 1. The van der Waals surface area contributed by atoms with E-state index in [0.29, 0.717) is 12.1 Å². The van der Waals surface area contributed by atoms with Gasteiger partial charge in [0, 0.05) is 18.3 Å². The van der Waals surface area contributed by atoms with Crippen LogP contribution in [0.5, 0.6) is 0 Å². The number of sulfone groups is 1. The summed E-state index contributed by atoms with van der Waals surface area (Å²) in [6.45, 7) is 3.71. The molecule has 138 valence electrons. The second kappa shape index (κ2) is 6.39. The van der Waals surface area contributed by atoms with Crippen LogP contribution >= 0.6 is 0 Å². The molecule has 0 atom stereocenters. The first-order valence-electron chi connectivity index (χ1n) is 7.94. The zero-order valence-corrected chi connectivity index (χ0v) is 14.9. The number of alkyl halides is 3. The number of rotatable bonds is 4. The van der Waals surface area contributed by atoms with E-state index in [2.05, 4.69) is 9.97 Å². The fraction of sp³-hybridized carbons (Fsp3) is 0.294. The Morgan fingerprint density at radius 2 is 1.85 bits per heavy atom. The molecule has 0 saturated carbocycles. The lowest BCUT2D eigenvalue weighted by molar-refractivity contribution is -0.137. The quantitative estimate of drug-likeness (QED) is 0.685. The fourth-order valence-corrected chi connectivity index (χ4v) is 3.84. The molecule has 2 aromatic heterocycles. The van der Waals surface area contributed by atoms with Gasteiger partial charge in [-0.05, 0) is 25.1 Å². The minimum Gasteiger partial charge on any atom is -0.309 e. The molecule has 2 heterocycles. The summed E-state index contributed by atoms with van der Waals surface area (Å²) >= 11 is 0. The number of fused-ring (bicyclic) bond motifs is 1. The zero-order valence-electron chi connectivity index (χ0n) is 14.1. The van der Waals surface area contributed by atoms with E-state index in [-0.39, 0.29) is 27.6 Å². The van der Waals surface area contributed by atoms with Crippen molar-refractivity contribution in [3.63, 3.8) is 0 Å². The zero-order chi connectivity index (χ0) is 19.1. The molecule has 0 aliphatic carbocycles. The maximum atomic E-state index is 12.9. The molecule has 0 bridgehead atoms. The third-order valence-corrected chi connectivity index (χ3v) is 5.86. The summed E-state index contributed by atoms with van der Waals surface area (Å²) in [5, 5.41) is 0. The minimum atomic E-state index is -4.53. The summed E-state index contributed by atoms with van der Waals surface area (Å²) in [6.07, 6.45) is -3.77. The van der Waals surface area contributed by atoms with Crippen molar-refractivity contribution in [2.45, 2.75) is 31.5 Å². The van der Waals surface area contributed by atoms with E-state index in [1.165, 1.54) is 13.0 Å². The van der Waals surface area contributed by atoms with E-state index in [1.54, 1.807) is 29.7 Å². The SMILES string of the molecule is CCn1c(-c2ccccc2S(=O)(=O)CC)nc2cc(C(F)(F)F)cnc21. The highest BCUT2D eigenvalue weighted by atomic mass is 32.2. The van der Waals surface area contributed by atoms with E-state index in [1.807, 2.05) is 0 Å². The number of hydrogen-bond donors (Lipinski definition) is 0. The topological polar surface area (TPSA) is 64.8 Å². The first-order chi connectivity index (χ1) is 12.2. The van der Waals surface area contributed by atoms with Crippen LogP contribution in [0.4, 0.5) is 13.2 Å². The normalized spacial score (nSPS) is 12.7. The Bertz CT molecular complexity index is 1070. The van der Waals surface area contributed by atoms with Gasteiger partial charge in [0.15, 0.2) is 15.5 Å². The molecule has 26 heavy (non-hydrogen) atoms. The number of nitrogens with zero attached hydrogens (tertiary/aromatic N) is 3. The molecule has 1 aromatic carbocycles. The van der Waals surface area contributed by atoms with Gasteiger partial charge in [0.2, 0.25) is 0 Å². The molecule has 0 unspecified atom stereocenters. The van der Waals surface area contributed by atoms with E-state index >= 15 is 0 Å². The lowest BCUT2D eigenvalue weighted by Gasteiger charge is -2.10. The second-order valence-corrected chi connectivity index (χ2v) is 7.89. The van der Waals surface area contributed by atoms with Crippen LogP contribution in [0, 0.1) is 0 Å². The molecule has 9 heteroatoms. The predicted octanol–water partition coefficient (Wildman–Crippen LogP) is 3.93. The molecular weight excluding hydrogens is 367 g/mol. The number of halogens is 3. The van der Waals surface area contributed by atoms with Gasteiger partial charge in [0.05, 0.1) is 16.2 Å². The number of benzene rings is 1. The molecule has 0 saturated heterocycles. The van der Waals surface area contributed by atoms with Gasteiger partial charge in [-0.2, -0.15) is 13.2 Å². The maximum Gasteiger partial charge on any atom is 0.417 e. The van der Waals surface area contributed by atoms with Crippen LogP contribution < -0.4 is 0 Å². The third-order valence-electron chi connectivity index (χ3n) is 4.07. The first kappa shape index (κ1) is 18.4. The number of aromatic nitrogens is 3. The molecule has 0 amide bonds. The van der Waals surface area contributed by atoms with Crippen molar-refractivity contribution in [1.29, 1.82) is 0 Å². The predicted molar refractivity (Wildman–Crippen MR) is 91.4 cm³/mol. The van der Waals surface area contributed by atoms with Crippen LogP contribution in [-0.4, -0.2) is 28.7 Å². The van der Waals surface area contributed by atoms with Crippen molar-refractivity contribution in [2.24, 2.45) is 0 Å². The van der Waals surface area contributed by atoms with E-state index in [0.717, 1.165) is 12.3 Å². The summed E-state index contributed by atoms with van der Waals surface area (Å²) in [4.78, 5) is 8.28. The van der Waals surface area contributed by atoms with Crippen LogP contribution in [0.1, 0.15) is 19.4 Å². The lowest BCUT2D eigenvalue weighted by atomic mass is 10.2. The van der Waals surface area contributed by atoms with Gasteiger partial charge in [-0.25, -0.2) is 18.4 Å². The van der Waals surface area contributed by atoms with Gasteiger partial charge in [-0.15, -0.1) is 0 Å². The van der Waals surface area contributed by atoms with Crippen LogP contribution in [0.25, 0.3) is 22.6 Å². The highest BCUT2D eigenvalue weighted by Crippen LogP contribution is 2.33. The average molecular weight is 383 g/mol. The Morgan fingerprint density at radius 3 is 2.46 bits per heavy atom. The van der Waals surface area contributed by atoms with Crippen LogP contribution in [0.2, 0.25) is 0 Å². The Morgan fingerprint density at radius 1 is 1.15 bits per heavy atom. The van der Waals surface area contributed by atoms with Crippen molar-refractivity contribution in [3.05, 3.63) is 42.1 Å². The lowest BCUT2D eigenvalue weighted by Crippen LogP contribution is -2.08. The molecule has 0 aliphatic rings. The first-order valence-corrected chi connectivity index (χ1v) is 9.60. The third kappa shape index (κ3) is 3.07. The van der Waals surface area contributed by atoms with Gasteiger partial charge in [-0.1, -0.05) is 19.1 Å².